The molecule has 0 aromatic heterocycles. The van der Waals surface area contributed by atoms with Gasteiger partial charge >= 0.3 is 0 Å². The van der Waals surface area contributed by atoms with Gasteiger partial charge in [-0.1, -0.05) is 29.8 Å². The van der Waals surface area contributed by atoms with Crippen molar-refractivity contribution >= 4 is 16.1 Å². The number of aryl methyl sites for hydroxylation is 1. The zero-order valence-electron chi connectivity index (χ0n) is 11.3. The molecule has 0 aliphatic heterocycles. The van der Waals surface area contributed by atoms with Crippen molar-refractivity contribution in [3.63, 3.8) is 0 Å². The fourth-order valence-electron chi connectivity index (χ4n) is 1.62. The molecule has 5 heteroatoms. The summed E-state index contributed by atoms with van der Waals surface area (Å²) in [6.45, 7) is 3.84. The van der Waals surface area contributed by atoms with Crippen LogP contribution < -0.4 is 4.72 Å². The lowest BCUT2D eigenvalue weighted by Crippen LogP contribution is -2.31. The Bertz CT molecular complexity index is 506. The average Bonchev–Trinajstić information content (AvgIpc) is 2.35. The molecular formula is C14H21NO3S. The lowest BCUT2D eigenvalue weighted by molar-refractivity contribution is 0.279. The normalized spacial score (nSPS) is 13.8. The van der Waals surface area contributed by atoms with E-state index in [4.69, 9.17) is 5.11 Å². The minimum absolute atomic E-state index is 0.0747. The van der Waals surface area contributed by atoms with Gasteiger partial charge in [0, 0.05) is 18.1 Å². The first-order valence-corrected chi connectivity index (χ1v) is 7.85. The van der Waals surface area contributed by atoms with Crippen molar-refractivity contribution in [3.8, 4) is 0 Å². The first kappa shape index (κ1) is 15.9. The van der Waals surface area contributed by atoms with E-state index in [1.807, 2.05) is 31.2 Å². The highest BCUT2D eigenvalue weighted by molar-refractivity contribution is 7.92. The Morgan fingerprint density at radius 3 is 2.53 bits per heavy atom. The van der Waals surface area contributed by atoms with Crippen molar-refractivity contribution in [1.82, 2.24) is 4.72 Å². The van der Waals surface area contributed by atoms with Gasteiger partial charge in [-0.3, -0.25) is 0 Å². The van der Waals surface area contributed by atoms with Crippen LogP contribution in [0.15, 0.2) is 29.7 Å². The number of aliphatic hydroxyl groups excluding tert-OH is 1. The summed E-state index contributed by atoms with van der Waals surface area (Å²) >= 11 is 0. The predicted molar refractivity (Wildman–Crippen MR) is 78.1 cm³/mol. The molecule has 0 bridgehead atoms. The molecule has 0 spiro atoms. The van der Waals surface area contributed by atoms with E-state index in [0.29, 0.717) is 12.8 Å². The first-order chi connectivity index (χ1) is 8.93. The Morgan fingerprint density at radius 1 is 1.32 bits per heavy atom. The van der Waals surface area contributed by atoms with Crippen molar-refractivity contribution in [2.75, 3.05) is 6.61 Å². The summed E-state index contributed by atoms with van der Waals surface area (Å²) in [4.78, 5) is 0. The molecule has 1 atom stereocenters. The Hall–Kier alpha value is -1.17. The van der Waals surface area contributed by atoms with Crippen molar-refractivity contribution in [1.29, 1.82) is 0 Å². The van der Waals surface area contributed by atoms with Gasteiger partial charge in [0.25, 0.3) is 0 Å². The molecule has 0 saturated heterocycles. The second-order valence-electron chi connectivity index (χ2n) is 4.64. The van der Waals surface area contributed by atoms with E-state index < -0.39 is 10.0 Å². The molecule has 0 heterocycles. The molecule has 2 N–H and O–H groups in total. The zero-order valence-corrected chi connectivity index (χ0v) is 12.2. The summed E-state index contributed by atoms with van der Waals surface area (Å²) in [5, 5.41) is 9.87. The molecule has 1 aromatic carbocycles. The molecule has 1 aromatic rings. The minimum atomic E-state index is -3.43. The van der Waals surface area contributed by atoms with Crippen LogP contribution in [0.1, 0.15) is 30.9 Å². The Labute approximate surface area is 115 Å². The number of hydrogen-bond donors (Lipinski definition) is 2. The zero-order chi connectivity index (χ0) is 14.3. The van der Waals surface area contributed by atoms with Gasteiger partial charge in [-0.25, -0.2) is 13.1 Å². The van der Waals surface area contributed by atoms with Crippen LogP contribution in [0.5, 0.6) is 0 Å². The highest BCUT2D eigenvalue weighted by Crippen LogP contribution is 2.07. The number of rotatable bonds is 7. The topological polar surface area (TPSA) is 66.4 Å². The Balaban J connectivity index is 2.61. The molecule has 4 nitrogen and oxygen atoms in total. The third-order valence-electron chi connectivity index (χ3n) is 2.68. The number of nitrogens with one attached hydrogen (secondary N) is 1. The maximum atomic E-state index is 11.8. The molecule has 0 radical (unpaired) electrons. The van der Waals surface area contributed by atoms with E-state index in [-0.39, 0.29) is 12.6 Å². The Morgan fingerprint density at radius 2 is 1.95 bits per heavy atom. The standard InChI is InChI=1S/C14H21NO3S/c1-12-5-7-14(8-6-12)9-11-19(17,18)15-13(2)4-3-10-16/h5-9,11,13,15-16H,3-4,10H2,1-2H3/b11-9+. The highest BCUT2D eigenvalue weighted by Gasteiger charge is 2.10. The van der Waals surface area contributed by atoms with Gasteiger partial charge in [0.05, 0.1) is 0 Å². The molecule has 0 fully saturated rings. The number of sulfonamides is 1. The van der Waals surface area contributed by atoms with Crippen LogP contribution in [0.3, 0.4) is 0 Å². The summed E-state index contributed by atoms with van der Waals surface area (Å²) in [5.41, 5.74) is 1.98. The van der Waals surface area contributed by atoms with Crippen molar-refractivity contribution in [3.05, 3.63) is 40.8 Å². The van der Waals surface area contributed by atoms with Crippen LogP contribution in [-0.2, 0) is 10.0 Å². The third-order valence-corrected chi connectivity index (χ3v) is 3.90. The quantitative estimate of drug-likeness (QED) is 0.805. The molecule has 1 rings (SSSR count). The van der Waals surface area contributed by atoms with Gasteiger partial charge in [-0.05, 0) is 38.3 Å². The van der Waals surface area contributed by atoms with Crippen molar-refractivity contribution in [2.24, 2.45) is 0 Å². The van der Waals surface area contributed by atoms with Crippen LogP contribution in [0, 0.1) is 6.92 Å². The molecular weight excluding hydrogens is 262 g/mol. The van der Waals surface area contributed by atoms with Crippen LogP contribution in [0.25, 0.3) is 6.08 Å². The van der Waals surface area contributed by atoms with Crippen LogP contribution >= 0.6 is 0 Å². The summed E-state index contributed by atoms with van der Waals surface area (Å²) in [5.74, 6) is 0. The molecule has 0 amide bonds. The predicted octanol–water partition coefficient (Wildman–Crippen LogP) is 2.05. The van der Waals surface area contributed by atoms with E-state index in [1.54, 1.807) is 13.0 Å². The van der Waals surface area contributed by atoms with Gasteiger partial charge in [-0.15, -0.1) is 0 Å². The van der Waals surface area contributed by atoms with Gasteiger partial charge in [0.15, 0.2) is 0 Å². The third kappa shape index (κ3) is 6.52. The van der Waals surface area contributed by atoms with E-state index in [9.17, 15) is 8.42 Å². The first-order valence-electron chi connectivity index (χ1n) is 6.31. The molecule has 0 aliphatic rings. The molecule has 106 valence electrons. The minimum Gasteiger partial charge on any atom is -0.396 e. The summed E-state index contributed by atoms with van der Waals surface area (Å²) < 4.78 is 26.1. The van der Waals surface area contributed by atoms with E-state index in [1.165, 1.54) is 5.41 Å². The fourth-order valence-corrected chi connectivity index (χ4v) is 2.72. The maximum absolute atomic E-state index is 11.8. The molecule has 0 saturated carbocycles. The van der Waals surface area contributed by atoms with E-state index in [0.717, 1.165) is 11.1 Å². The SMILES string of the molecule is Cc1ccc(/C=C/S(=O)(=O)NC(C)CCCO)cc1. The fraction of sp³-hybridized carbons (Fsp3) is 0.429. The van der Waals surface area contributed by atoms with Crippen LogP contribution in [0.2, 0.25) is 0 Å². The number of benzene rings is 1. The highest BCUT2D eigenvalue weighted by atomic mass is 32.2. The molecule has 1 unspecified atom stereocenters. The van der Waals surface area contributed by atoms with Gasteiger partial charge in [0.1, 0.15) is 0 Å². The summed E-state index contributed by atoms with van der Waals surface area (Å²) in [6.07, 6.45) is 2.78. The van der Waals surface area contributed by atoms with E-state index in [2.05, 4.69) is 4.72 Å². The summed E-state index contributed by atoms with van der Waals surface area (Å²) in [6, 6.07) is 7.43. The monoisotopic (exact) mass is 283 g/mol. The second-order valence-corrected chi connectivity index (χ2v) is 6.24. The van der Waals surface area contributed by atoms with Crippen LogP contribution in [-0.4, -0.2) is 26.2 Å². The van der Waals surface area contributed by atoms with Crippen molar-refractivity contribution in [2.45, 2.75) is 32.7 Å². The summed E-state index contributed by atoms with van der Waals surface area (Å²) in [7, 11) is -3.43. The number of aliphatic hydroxyl groups is 1. The van der Waals surface area contributed by atoms with Crippen LogP contribution in [0.4, 0.5) is 0 Å². The largest absolute Gasteiger partial charge is 0.396 e. The number of hydrogen-bond acceptors (Lipinski definition) is 3. The van der Waals surface area contributed by atoms with Gasteiger partial charge in [-0.2, -0.15) is 0 Å². The van der Waals surface area contributed by atoms with Gasteiger partial charge < -0.3 is 5.11 Å². The lowest BCUT2D eigenvalue weighted by Gasteiger charge is -2.11. The smallest absolute Gasteiger partial charge is 0.233 e. The molecule has 0 aliphatic carbocycles. The maximum Gasteiger partial charge on any atom is 0.233 e. The van der Waals surface area contributed by atoms with Gasteiger partial charge in [0.2, 0.25) is 10.0 Å². The second kappa shape index (κ2) is 7.43. The van der Waals surface area contributed by atoms with E-state index >= 15 is 0 Å². The van der Waals surface area contributed by atoms with Crippen molar-refractivity contribution < 1.29 is 13.5 Å². The lowest BCUT2D eigenvalue weighted by atomic mass is 10.2. The molecule has 19 heavy (non-hydrogen) atoms. The average molecular weight is 283 g/mol. The Kier molecular flexibility index (Phi) is 6.21.